The third kappa shape index (κ3) is 1.25. The number of rotatable bonds is 0. The van der Waals surface area contributed by atoms with Crippen LogP contribution in [-0.4, -0.2) is 4.57 Å². The van der Waals surface area contributed by atoms with Gasteiger partial charge in [0, 0.05) is 18.1 Å². The number of para-hydroxylation sites is 1. The molecule has 2 aromatic carbocycles. The Hall–Kier alpha value is -2.29. The second-order valence-corrected chi connectivity index (χ2v) is 4.15. The van der Waals surface area contributed by atoms with Gasteiger partial charge < -0.3 is 10.3 Å². The summed E-state index contributed by atoms with van der Waals surface area (Å²) in [6.45, 7) is 0. The van der Waals surface area contributed by atoms with Gasteiger partial charge in [-0.15, -0.1) is 0 Å². The van der Waals surface area contributed by atoms with Gasteiger partial charge in [0.1, 0.15) is 0 Å². The van der Waals surface area contributed by atoms with E-state index in [-0.39, 0.29) is 5.43 Å². The summed E-state index contributed by atoms with van der Waals surface area (Å²) in [5, 5.41) is 1.31. The smallest absolute Gasteiger partial charge is 0.199 e. The largest absolute Gasteiger partial charge is 0.398 e. The molecule has 0 saturated heterocycles. The van der Waals surface area contributed by atoms with E-state index in [2.05, 4.69) is 0 Å². The normalized spacial score (nSPS) is 11.1. The first kappa shape index (κ1) is 9.90. The molecule has 0 bridgehead atoms. The Kier molecular flexibility index (Phi) is 1.95. The minimum atomic E-state index is 0.00630. The minimum absolute atomic E-state index is 0.00630. The molecule has 3 rings (SSSR count). The van der Waals surface area contributed by atoms with Crippen molar-refractivity contribution in [3.05, 3.63) is 52.7 Å². The second kappa shape index (κ2) is 3.35. The highest BCUT2D eigenvalue weighted by atomic mass is 16.1. The Labute approximate surface area is 98.1 Å². The van der Waals surface area contributed by atoms with Gasteiger partial charge in [0.2, 0.25) is 0 Å². The molecule has 3 heteroatoms. The third-order valence-corrected chi connectivity index (χ3v) is 3.17. The van der Waals surface area contributed by atoms with Gasteiger partial charge in [-0.05, 0) is 24.3 Å². The highest BCUT2D eigenvalue weighted by Gasteiger charge is 2.09. The number of anilines is 1. The quantitative estimate of drug-likeness (QED) is 0.470. The molecule has 2 N–H and O–H groups in total. The van der Waals surface area contributed by atoms with E-state index in [9.17, 15) is 4.79 Å². The fraction of sp³-hybridized carbons (Fsp3) is 0.0714. The Morgan fingerprint density at radius 3 is 2.53 bits per heavy atom. The molecule has 0 radical (unpaired) electrons. The maximum atomic E-state index is 12.4. The number of hydrogen-bond acceptors (Lipinski definition) is 2. The van der Waals surface area contributed by atoms with E-state index in [4.69, 9.17) is 5.73 Å². The monoisotopic (exact) mass is 224 g/mol. The predicted octanol–water partition coefficient (Wildman–Crippen LogP) is 2.27. The van der Waals surface area contributed by atoms with Crippen LogP contribution in [0.15, 0.2) is 47.3 Å². The van der Waals surface area contributed by atoms with Gasteiger partial charge in [0.25, 0.3) is 0 Å². The summed E-state index contributed by atoms with van der Waals surface area (Å²) in [5.74, 6) is 0. The lowest BCUT2D eigenvalue weighted by molar-refractivity contribution is 1.00. The molecule has 0 amide bonds. The number of nitrogens with two attached hydrogens (primary N) is 1. The molecule has 3 nitrogen and oxygen atoms in total. The van der Waals surface area contributed by atoms with Gasteiger partial charge in [0.05, 0.1) is 16.4 Å². The first-order valence-corrected chi connectivity index (χ1v) is 5.46. The molecule has 1 heterocycles. The van der Waals surface area contributed by atoms with E-state index in [1.54, 1.807) is 6.07 Å². The molecular formula is C14H12N2O. The molecule has 84 valence electrons. The van der Waals surface area contributed by atoms with Crippen molar-refractivity contribution in [2.75, 3.05) is 5.73 Å². The van der Waals surface area contributed by atoms with Crippen molar-refractivity contribution in [2.45, 2.75) is 0 Å². The van der Waals surface area contributed by atoms with E-state index >= 15 is 0 Å². The van der Waals surface area contributed by atoms with Crippen molar-refractivity contribution in [2.24, 2.45) is 7.05 Å². The van der Waals surface area contributed by atoms with Crippen LogP contribution in [0.5, 0.6) is 0 Å². The van der Waals surface area contributed by atoms with E-state index in [1.165, 1.54) is 0 Å². The van der Waals surface area contributed by atoms with Crippen molar-refractivity contribution in [3.8, 4) is 0 Å². The molecule has 0 fully saturated rings. The molecule has 0 aliphatic heterocycles. The minimum Gasteiger partial charge on any atom is -0.398 e. The molecule has 1 aromatic heterocycles. The zero-order valence-corrected chi connectivity index (χ0v) is 9.47. The van der Waals surface area contributed by atoms with Crippen LogP contribution >= 0.6 is 0 Å². The number of pyridine rings is 1. The molecule has 0 unspecified atom stereocenters. The Morgan fingerprint density at radius 1 is 1.00 bits per heavy atom. The van der Waals surface area contributed by atoms with Crippen LogP contribution in [0.2, 0.25) is 0 Å². The molecule has 0 atom stereocenters. The van der Waals surface area contributed by atoms with Crippen molar-refractivity contribution in [1.82, 2.24) is 4.57 Å². The number of nitrogens with zero attached hydrogens (tertiary/aromatic N) is 1. The zero-order chi connectivity index (χ0) is 12.0. The number of hydrogen-bond donors (Lipinski definition) is 1. The second-order valence-electron chi connectivity index (χ2n) is 4.15. The topological polar surface area (TPSA) is 48.0 Å². The summed E-state index contributed by atoms with van der Waals surface area (Å²) >= 11 is 0. The van der Waals surface area contributed by atoms with Gasteiger partial charge in [0.15, 0.2) is 5.43 Å². The first-order valence-electron chi connectivity index (χ1n) is 5.46. The molecule has 0 aliphatic carbocycles. The molecular weight excluding hydrogens is 212 g/mol. The van der Waals surface area contributed by atoms with E-state index < -0.39 is 0 Å². The SMILES string of the molecule is Cn1c2ccccc2c(=O)c2c(N)cccc21. The fourth-order valence-corrected chi connectivity index (χ4v) is 2.31. The van der Waals surface area contributed by atoms with Crippen molar-refractivity contribution < 1.29 is 0 Å². The number of aryl methyl sites for hydroxylation is 1. The summed E-state index contributed by atoms with van der Waals surface area (Å²) in [6, 6.07) is 13.1. The average molecular weight is 224 g/mol. The lowest BCUT2D eigenvalue weighted by Gasteiger charge is -2.11. The van der Waals surface area contributed by atoms with E-state index in [1.807, 2.05) is 48.0 Å². The van der Waals surface area contributed by atoms with Crippen molar-refractivity contribution in [3.63, 3.8) is 0 Å². The highest BCUT2D eigenvalue weighted by Crippen LogP contribution is 2.21. The summed E-state index contributed by atoms with van der Waals surface area (Å²) in [7, 11) is 1.95. The van der Waals surface area contributed by atoms with Gasteiger partial charge in [-0.1, -0.05) is 18.2 Å². The van der Waals surface area contributed by atoms with Crippen LogP contribution < -0.4 is 11.2 Å². The van der Waals surface area contributed by atoms with Crippen LogP contribution in [0.1, 0.15) is 0 Å². The number of aromatic nitrogens is 1. The zero-order valence-electron chi connectivity index (χ0n) is 9.47. The van der Waals surface area contributed by atoms with Crippen molar-refractivity contribution >= 4 is 27.5 Å². The number of nitrogen functional groups attached to an aromatic ring is 1. The van der Waals surface area contributed by atoms with Crippen LogP contribution in [0.4, 0.5) is 5.69 Å². The predicted molar refractivity (Wildman–Crippen MR) is 71.1 cm³/mol. The lowest BCUT2D eigenvalue weighted by atomic mass is 10.1. The maximum absolute atomic E-state index is 12.4. The molecule has 3 aromatic rings. The van der Waals surface area contributed by atoms with E-state index in [0.29, 0.717) is 16.5 Å². The summed E-state index contributed by atoms with van der Waals surface area (Å²) in [5.41, 5.74) is 8.24. The molecule has 17 heavy (non-hydrogen) atoms. The van der Waals surface area contributed by atoms with E-state index in [0.717, 1.165) is 11.0 Å². The van der Waals surface area contributed by atoms with Gasteiger partial charge in [-0.3, -0.25) is 4.79 Å². The summed E-state index contributed by atoms with van der Waals surface area (Å²) < 4.78 is 2.00. The number of fused-ring (bicyclic) bond motifs is 2. The van der Waals surface area contributed by atoms with Gasteiger partial charge in [-0.25, -0.2) is 0 Å². The fourth-order valence-electron chi connectivity index (χ4n) is 2.31. The van der Waals surface area contributed by atoms with Crippen LogP contribution in [-0.2, 0) is 7.05 Å². The van der Waals surface area contributed by atoms with Crippen LogP contribution in [0.3, 0.4) is 0 Å². The first-order chi connectivity index (χ1) is 8.20. The Morgan fingerprint density at radius 2 is 1.71 bits per heavy atom. The highest BCUT2D eigenvalue weighted by molar-refractivity contribution is 5.99. The van der Waals surface area contributed by atoms with Gasteiger partial charge in [-0.2, -0.15) is 0 Å². The standard InChI is InChI=1S/C14H12N2O/c1-16-11-7-3-2-5-9(11)14(17)13-10(15)6-4-8-12(13)16/h2-8H,15H2,1H3. The van der Waals surface area contributed by atoms with Crippen molar-refractivity contribution in [1.29, 1.82) is 0 Å². The Bertz CT molecular complexity index is 787. The van der Waals surface area contributed by atoms with Gasteiger partial charge >= 0.3 is 0 Å². The van der Waals surface area contributed by atoms with Crippen LogP contribution in [0, 0.1) is 0 Å². The lowest BCUT2D eigenvalue weighted by Crippen LogP contribution is -2.10. The molecule has 0 spiro atoms. The maximum Gasteiger partial charge on any atom is 0.199 e. The summed E-state index contributed by atoms with van der Waals surface area (Å²) in [6.07, 6.45) is 0. The average Bonchev–Trinajstić information content (AvgIpc) is 2.36. The third-order valence-electron chi connectivity index (χ3n) is 3.17. The summed E-state index contributed by atoms with van der Waals surface area (Å²) in [4.78, 5) is 12.4. The molecule has 0 aliphatic rings. The van der Waals surface area contributed by atoms with Crippen LogP contribution in [0.25, 0.3) is 21.8 Å². The number of benzene rings is 2. The molecule has 0 saturated carbocycles. The Balaban J connectivity index is 2.74.